The van der Waals surface area contributed by atoms with Crippen LogP contribution in [0.25, 0.3) is 5.65 Å². The largest absolute Gasteiger partial charge is 0.438 e. The smallest absolute Gasteiger partial charge is 0.246 e. The molecule has 2 N–H and O–H groups in total. The summed E-state index contributed by atoms with van der Waals surface area (Å²) in [7, 11) is 0. The number of ether oxygens (including phenoxy) is 3. The van der Waals surface area contributed by atoms with Gasteiger partial charge in [-0.3, -0.25) is 9.59 Å². The topological polar surface area (TPSA) is 119 Å². The fourth-order valence-electron chi connectivity index (χ4n) is 3.96. The second kappa shape index (κ2) is 8.34. The maximum absolute atomic E-state index is 13.0. The van der Waals surface area contributed by atoms with Gasteiger partial charge in [0.05, 0.1) is 25.5 Å². The summed E-state index contributed by atoms with van der Waals surface area (Å²) in [5, 5.41) is 10.1. The molecule has 0 radical (unpaired) electrons. The summed E-state index contributed by atoms with van der Waals surface area (Å²) in [5.41, 5.74) is 0.843. The Bertz CT molecular complexity index is 1190. The standard InChI is InChI=1S/C22H24N6O5/c1-14(21(30)27-13-32-22(15(27)2)10-31-11-22)24-18-9-28-19(25-18)6-7-20(26-28)33-17-5-3-4-16(8-17)23-12-29/h3-9,12,14-15,24H,10-11,13H2,1-2H3,(H,23,29). The van der Waals surface area contributed by atoms with E-state index in [2.05, 4.69) is 20.7 Å². The zero-order chi connectivity index (χ0) is 23.0. The van der Waals surface area contributed by atoms with Gasteiger partial charge in [0, 0.05) is 17.8 Å². The van der Waals surface area contributed by atoms with Crippen molar-refractivity contribution in [2.45, 2.75) is 31.5 Å². The van der Waals surface area contributed by atoms with E-state index in [0.717, 1.165) is 0 Å². The second-order valence-electron chi connectivity index (χ2n) is 8.17. The number of aromatic nitrogens is 3. The van der Waals surface area contributed by atoms with E-state index in [1.807, 2.05) is 6.92 Å². The first-order valence-corrected chi connectivity index (χ1v) is 10.6. The quantitative estimate of drug-likeness (QED) is 0.522. The number of anilines is 2. The highest BCUT2D eigenvalue weighted by molar-refractivity contribution is 5.84. The Hall–Kier alpha value is -3.70. The third kappa shape index (κ3) is 3.96. The molecular formula is C22H24N6O5. The van der Waals surface area contributed by atoms with E-state index in [1.54, 1.807) is 58.9 Å². The number of fused-ring (bicyclic) bond motifs is 1. The van der Waals surface area contributed by atoms with Crippen LogP contribution in [0.15, 0.2) is 42.6 Å². The van der Waals surface area contributed by atoms with Gasteiger partial charge in [0.25, 0.3) is 0 Å². The number of carbonyl (C=O) groups is 2. The molecule has 2 aromatic heterocycles. The van der Waals surface area contributed by atoms with Crippen molar-refractivity contribution < 1.29 is 23.8 Å². The molecule has 2 fully saturated rings. The molecule has 2 aliphatic rings. The van der Waals surface area contributed by atoms with Gasteiger partial charge in [0.1, 0.15) is 29.9 Å². The predicted octanol–water partition coefficient (Wildman–Crippen LogP) is 1.86. The van der Waals surface area contributed by atoms with Crippen LogP contribution >= 0.6 is 0 Å². The van der Waals surface area contributed by atoms with Crippen molar-refractivity contribution >= 4 is 29.5 Å². The van der Waals surface area contributed by atoms with E-state index in [1.165, 1.54) is 0 Å². The molecule has 0 bridgehead atoms. The average molecular weight is 452 g/mol. The Balaban J connectivity index is 1.26. The van der Waals surface area contributed by atoms with Crippen molar-refractivity contribution in [3.8, 4) is 11.6 Å². The lowest BCUT2D eigenvalue weighted by Gasteiger charge is -2.40. The Labute approximate surface area is 189 Å². The molecule has 1 spiro atoms. The molecule has 5 rings (SSSR count). The Morgan fingerprint density at radius 3 is 2.91 bits per heavy atom. The Morgan fingerprint density at radius 1 is 1.33 bits per heavy atom. The van der Waals surface area contributed by atoms with E-state index >= 15 is 0 Å². The van der Waals surface area contributed by atoms with Gasteiger partial charge in [0.15, 0.2) is 5.65 Å². The van der Waals surface area contributed by atoms with Crippen molar-refractivity contribution in [2.24, 2.45) is 0 Å². The van der Waals surface area contributed by atoms with Crippen LogP contribution in [0.2, 0.25) is 0 Å². The number of carbonyl (C=O) groups excluding carboxylic acids is 2. The highest BCUT2D eigenvalue weighted by Crippen LogP contribution is 2.35. The Kier molecular flexibility index (Phi) is 5.35. The lowest BCUT2D eigenvalue weighted by Crippen LogP contribution is -2.59. The van der Waals surface area contributed by atoms with Gasteiger partial charge in [-0.25, -0.2) is 9.50 Å². The van der Waals surface area contributed by atoms with Crippen molar-refractivity contribution in [3.05, 3.63) is 42.6 Å². The number of rotatable bonds is 7. The highest BCUT2D eigenvalue weighted by Gasteiger charge is 2.53. The van der Waals surface area contributed by atoms with Crippen LogP contribution < -0.4 is 15.4 Å². The van der Waals surface area contributed by atoms with Gasteiger partial charge >= 0.3 is 0 Å². The zero-order valence-electron chi connectivity index (χ0n) is 18.2. The van der Waals surface area contributed by atoms with Gasteiger partial charge in [-0.05, 0) is 32.0 Å². The first-order chi connectivity index (χ1) is 16.0. The molecule has 3 aromatic rings. The van der Waals surface area contributed by atoms with Gasteiger partial charge in [-0.15, -0.1) is 5.10 Å². The number of hydrogen-bond acceptors (Lipinski definition) is 8. The van der Waals surface area contributed by atoms with E-state index in [-0.39, 0.29) is 24.3 Å². The van der Waals surface area contributed by atoms with Crippen molar-refractivity contribution in [1.82, 2.24) is 19.5 Å². The van der Waals surface area contributed by atoms with Crippen LogP contribution in [0, 0.1) is 0 Å². The van der Waals surface area contributed by atoms with Crippen molar-refractivity contribution in [2.75, 3.05) is 30.6 Å². The molecule has 11 nitrogen and oxygen atoms in total. The first kappa shape index (κ1) is 21.2. The van der Waals surface area contributed by atoms with Crippen LogP contribution in [0.1, 0.15) is 13.8 Å². The molecule has 0 aliphatic carbocycles. The molecule has 4 heterocycles. The van der Waals surface area contributed by atoms with Gasteiger partial charge in [-0.2, -0.15) is 0 Å². The number of nitrogens with zero attached hydrogens (tertiary/aromatic N) is 4. The zero-order valence-corrected chi connectivity index (χ0v) is 18.2. The third-order valence-electron chi connectivity index (χ3n) is 6.01. The summed E-state index contributed by atoms with van der Waals surface area (Å²) < 4.78 is 18.5. The minimum absolute atomic E-state index is 0.0503. The monoisotopic (exact) mass is 452 g/mol. The highest BCUT2D eigenvalue weighted by atomic mass is 16.6. The second-order valence-corrected chi connectivity index (χ2v) is 8.17. The fraction of sp³-hybridized carbons (Fsp3) is 0.364. The molecule has 33 heavy (non-hydrogen) atoms. The summed E-state index contributed by atoms with van der Waals surface area (Å²) in [6, 6.07) is 9.89. The summed E-state index contributed by atoms with van der Waals surface area (Å²) >= 11 is 0. The summed E-state index contributed by atoms with van der Waals surface area (Å²) in [5.74, 6) is 1.34. The van der Waals surface area contributed by atoms with E-state index < -0.39 is 6.04 Å². The average Bonchev–Trinajstić information content (AvgIpc) is 3.33. The molecule has 2 unspecified atom stereocenters. The third-order valence-corrected chi connectivity index (χ3v) is 6.01. The molecule has 2 amide bonds. The lowest BCUT2D eigenvalue weighted by molar-refractivity contribution is -0.188. The number of amides is 2. The van der Waals surface area contributed by atoms with Crippen LogP contribution in [0.3, 0.4) is 0 Å². The van der Waals surface area contributed by atoms with E-state index in [4.69, 9.17) is 14.2 Å². The van der Waals surface area contributed by atoms with E-state index in [9.17, 15) is 9.59 Å². The molecular weight excluding hydrogens is 428 g/mol. The van der Waals surface area contributed by atoms with Gasteiger partial charge in [0.2, 0.25) is 18.2 Å². The number of imidazole rings is 1. The molecule has 1 aromatic carbocycles. The maximum atomic E-state index is 13.0. The first-order valence-electron chi connectivity index (χ1n) is 10.6. The minimum atomic E-state index is -0.499. The summed E-state index contributed by atoms with van der Waals surface area (Å²) in [4.78, 5) is 29.8. The molecule has 0 saturated carbocycles. The molecule has 172 valence electrons. The SMILES string of the molecule is CC(Nc1cn2nc(Oc3cccc(NC=O)c3)ccc2n1)C(=O)N1COC2(COC2)C1C. The van der Waals surface area contributed by atoms with Crippen molar-refractivity contribution in [3.63, 3.8) is 0 Å². The summed E-state index contributed by atoms with van der Waals surface area (Å²) in [6.07, 6.45) is 2.30. The number of benzene rings is 1. The number of nitrogens with one attached hydrogen (secondary N) is 2. The van der Waals surface area contributed by atoms with Crippen LogP contribution in [0.4, 0.5) is 11.5 Å². The van der Waals surface area contributed by atoms with Crippen LogP contribution in [0.5, 0.6) is 11.6 Å². The molecule has 2 aliphatic heterocycles. The normalized spacial score (nSPS) is 19.8. The van der Waals surface area contributed by atoms with Gasteiger partial charge < -0.3 is 29.7 Å². The van der Waals surface area contributed by atoms with E-state index in [0.29, 0.717) is 48.4 Å². The number of hydrogen-bond donors (Lipinski definition) is 2. The van der Waals surface area contributed by atoms with Crippen LogP contribution in [-0.4, -0.2) is 69.4 Å². The predicted molar refractivity (Wildman–Crippen MR) is 118 cm³/mol. The van der Waals surface area contributed by atoms with Crippen molar-refractivity contribution in [1.29, 1.82) is 0 Å². The molecule has 2 atom stereocenters. The lowest BCUT2D eigenvalue weighted by atomic mass is 9.93. The fourth-order valence-corrected chi connectivity index (χ4v) is 3.96. The maximum Gasteiger partial charge on any atom is 0.246 e. The molecule has 11 heteroatoms. The summed E-state index contributed by atoms with van der Waals surface area (Å²) in [6.45, 7) is 5.07. The minimum Gasteiger partial charge on any atom is -0.438 e. The van der Waals surface area contributed by atoms with Gasteiger partial charge in [-0.1, -0.05) is 6.07 Å². The van der Waals surface area contributed by atoms with Crippen LogP contribution in [-0.2, 0) is 19.1 Å². The Morgan fingerprint density at radius 2 is 2.18 bits per heavy atom. The molecule has 2 saturated heterocycles.